The molecule has 0 fully saturated rings. The van der Waals surface area contributed by atoms with Crippen molar-refractivity contribution >= 4 is 33.2 Å². The van der Waals surface area contributed by atoms with E-state index in [-0.39, 0.29) is 0 Å². The number of halogens is 2. The van der Waals surface area contributed by atoms with Gasteiger partial charge in [0.15, 0.2) is 0 Å². The molecule has 2 aromatic carbocycles. The minimum absolute atomic E-state index is 0.331. The lowest BCUT2D eigenvalue weighted by atomic mass is 10.1. The van der Waals surface area contributed by atoms with E-state index in [1.807, 2.05) is 0 Å². The fourth-order valence-electron chi connectivity index (χ4n) is 1.66. The Hall–Kier alpha value is -2.08. The van der Waals surface area contributed by atoms with E-state index in [1.165, 1.54) is 31.4 Å². The van der Waals surface area contributed by atoms with Crippen LogP contribution in [0.25, 0.3) is 0 Å². The molecule has 6 heteroatoms. The Balaban J connectivity index is 2.28. The van der Waals surface area contributed by atoms with Gasteiger partial charge in [0.25, 0.3) is 5.91 Å². The Morgan fingerprint density at radius 1 is 1.30 bits per heavy atom. The molecule has 20 heavy (non-hydrogen) atoms. The number of methoxy groups -OCH3 is 1. The molecular weight excluding hydrogens is 327 g/mol. The third kappa shape index (κ3) is 3.27. The van der Waals surface area contributed by atoms with Crippen LogP contribution in [0.2, 0.25) is 0 Å². The summed E-state index contributed by atoms with van der Waals surface area (Å²) in [4.78, 5) is 12.1. The fourth-order valence-corrected chi connectivity index (χ4v) is 2.00. The summed E-state index contributed by atoms with van der Waals surface area (Å²) >= 11 is 3.24. The van der Waals surface area contributed by atoms with Gasteiger partial charge in [0.2, 0.25) is 0 Å². The minimum Gasteiger partial charge on any atom is -0.497 e. The van der Waals surface area contributed by atoms with Crippen molar-refractivity contribution in [2.24, 2.45) is 0 Å². The van der Waals surface area contributed by atoms with E-state index >= 15 is 0 Å². The predicted octanol–water partition coefficient (Wildman–Crippen LogP) is 3.43. The van der Waals surface area contributed by atoms with Crippen molar-refractivity contribution in [2.75, 3.05) is 18.2 Å². The number of rotatable bonds is 3. The molecule has 4 nitrogen and oxygen atoms in total. The molecule has 0 aliphatic heterocycles. The van der Waals surface area contributed by atoms with Crippen molar-refractivity contribution in [3.8, 4) is 5.75 Å². The number of anilines is 2. The molecular formula is C14H12BrFN2O2. The van der Waals surface area contributed by atoms with E-state index in [2.05, 4.69) is 21.2 Å². The van der Waals surface area contributed by atoms with Crippen molar-refractivity contribution in [2.45, 2.75) is 0 Å². The second-order valence-corrected chi connectivity index (χ2v) is 4.93. The molecule has 3 N–H and O–H groups in total. The molecule has 0 saturated carbocycles. The Morgan fingerprint density at radius 3 is 2.75 bits per heavy atom. The van der Waals surface area contributed by atoms with Crippen LogP contribution in [0.3, 0.4) is 0 Å². The summed E-state index contributed by atoms with van der Waals surface area (Å²) in [7, 11) is 1.49. The molecule has 0 bridgehead atoms. The third-order valence-electron chi connectivity index (χ3n) is 2.60. The Morgan fingerprint density at radius 2 is 2.05 bits per heavy atom. The van der Waals surface area contributed by atoms with Crippen LogP contribution in [0.15, 0.2) is 40.9 Å². The van der Waals surface area contributed by atoms with E-state index in [1.54, 1.807) is 12.1 Å². The van der Waals surface area contributed by atoms with Gasteiger partial charge in [0.05, 0.1) is 12.8 Å². The maximum absolute atomic E-state index is 13.2. The number of carbonyl (C=O) groups is 1. The maximum Gasteiger partial charge on any atom is 0.255 e. The first kappa shape index (κ1) is 14.3. The summed E-state index contributed by atoms with van der Waals surface area (Å²) in [5, 5.41) is 2.61. The van der Waals surface area contributed by atoms with Crippen LogP contribution in [0.1, 0.15) is 10.4 Å². The number of nitrogens with two attached hydrogens (primary N) is 1. The Kier molecular flexibility index (Phi) is 4.24. The van der Waals surface area contributed by atoms with Crippen molar-refractivity contribution < 1.29 is 13.9 Å². The lowest BCUT2D eigenvalue weighted by Gasteiger charge is -2.09. The molecule has 0 saturated heterocycles. The maximum atomic E-state index is 13.2. The van der Waals surface area contributed by atoms with Gasteiger partial charge >= 0.3 is 0 Å². The van der Waals surface area contributed by atoms with Gasteiger partial charge < -0.3 is 15.8 Å². The lowest BCUT2D eigenvalue weighted by Crippen LogP contribution is -2.13. The van der Waals surface area contributed by atoms with Crippen LogP contribution < -0.4 is 15.8 Å². The van der Waals surface area contributed by atoms with Crippen molar-refractivity contribution in [1.29, 1.82) is 0 Å². The lowest BCUT2D eigenvalue weighted by molar-refractivity contribution is 0.102. The van der Waals surface area contributed by atoms with Crippen molar-refractivity contribution in [3.63, 3.8) is 0 Å². The van der Waals surface area contributed by atoms with Crippen LogP contribution in [-0.2, 0) is 0 Å². The highest BCUT2D eigenvalue weighted by Crippen LogP contribution is 2.25. The summed E-state index contributed by atoms with van der Waals surface area (Å²) in [5.41, 5.74) is 6.78. The standard InChI is InChI=1S/C14H12BrFN2O2/c1-20-11-5-8(4-10(17)7-11)14(19)18-13-6-9(16)2-3-12(13)15/h2-7H,17H2,1H3,(H,18,19). The topological polar surface area (TPSA) is 64.3 Å². The van der Waals surface area contributed by atoms with Crippen LogP contribution >= 0.6 is 15.9 Å². The zero-order chi connectivity index (χ0) is 14.7. The smallest absolute Gasteiger partial charge is 0.255 e. The van der Waals surface area contributed by atoms with Crippen LogP contribution in [0, 0.1) is 5.82 Å². The molecule has 0 spiro atoms. The van der Waals surface area contributed by atoms with E-state index < -0.39 is 11.7 Å². The largest absolute Gasteiger partial charge is 0.497 e. The fraction of sp³-hybridized carbons (Fsp3) is 0.0714. The van der Waals surface area contributed by atoms with Crippen LogP contribution in [-0.4, -0.2) is 13.0 Å². The molecule has 0 aromatic heterocycles. The molecule has 1 amide bonds. The van der Waals surface area contributed by atoms with Gasteiger partial charge in [-0.15, -0.1) is 0 Å². The van der Waals surface area contributed by atoms with E-state index in [0.717, 1.165) is 0 Å². The minimum atomic E-state index is -0.436. The average molecular weight is 339 g/mol. The number of amides is 1. The van der Waals surface area contributed by atoms with E-state index in [0.29, 0.717) is 27.2 Å². The van der Waals surface area contributed by atoms with Gasteiger partial charge in [-0.1, -0.05) is 0 Å². The zero-order valence-electron chi connectivity index (χ0n) is 10.6. The van der Waals surface area contributed by atoms with Crippen molar-refractivity contribution in [1.82, 2.24) is 0 Å². The summed E-state index contributed by atoms with van der Waals surface area (Å²) in [6.45, 7) is 0. The van der Waals surface area contributed by atoms with Gasteiger partial charge in [-0.2, -0.15) is 0 Å². The number of hydrogen-bond acceptors (Lipinski definition) is 3. The summed E-state index contributed by atoms with van der Waals surface area (Å²) in [5.74, 6) is -0.357. The molecule has 104 valence electrons. The summed E-state index contributed by atoms with van der Waals surface area (Å²) in [6, 6.07) is 8.72. The Labute approximate surface area is 123 Å². The van der Waals surface area contributed by atoms with Crippen LogP contribution in [0.4, 0.5) is 15.8 Å². The van der Waals surface area contributed by atoms with Crippen LogP contribution in [0.5, 0.6) is 5.75 Å². The number of hydrogen-bond donors (Lipinski definition) is 2. The number of carbonyl (C=O) groups excluding carboxylic acids is 1. The van der Waals surface area contributed by atoms with E-state index in [4.69, 9.17) is 10.5 Å². The average Bonchev–Trinajstić information content (AvgIpc) is 2.42. The molecule has 0 radical (unpaired) electrons. The van der Waals surface area contributed by atoms with Crippen molar-refractivity contribution in [3.05, 3.63) is 52.3 Å². The number of ether oxygens (including phenoxy) is 1. The second-order valence-electron chi connectivity index (χ2n) is 4.07. The first-order valence-corrected chi connectivity index (χ1v) is 6.50. The second kappa shape index (κ2) is 5.92. The molecule has 2 rings (SSSR count). The summed E-state index contributed by atoms with van der Waals surface area (Å²) < 4.78 is 18.8. The number of nitrogen functional groups attached to an aromatic ring is 1. The molecule has 0 heterocycles. The highest BCUT2D eigenvalue weighted by Gasteiger charge is 2.11. The molecule has 0 aliphatic rings. The monoisotopic (exact) mass is 338 g/mol. The quantitative estimate of drug-likeness (QED) is 0.842. The predicted molar refractivity (Wildman–Crippen MR) is 79.5 cm³/mol. The van der Waals surface area contributed by atoms with Gasteiger partial charge in [-0.05, 0) is 46.3 Å². The highest BCUT2D eigenvalue weighted by atomic mass is 79.9. The van der Waals surface area contributed by atoms with E-state index in [9.17, 15) is 9.18 Å². The normalized spacial score (nSPS) is 10.2. The third-order valence-corrected chi connectivity index (χ3v) is 3.29. The zero-order valence-corrected chi connectivity index (χ0v) is 12.2. The first-order valence-electron chi connectivity index (χ1n) is 5.70. The van der Waals surface area contributed by atoms with Gasteiger partial charge in [-0.3, -0.25) is 4.79 Å². The number of nitrogens with one attached hydrogen (secondary N) is 1. The molecule has 0 unspecified atom stereocenters. The molecule has 2 aromatic rings. The Bertz CT molecular complexity index is 662. The van der Waals surface area contributed by atoms with Gasteiger partial charge in [0.1, 0.15) is 11.6 Å². The summed E-state index contributed by atoms with van der Waals surface area (Å²) in [6.07, 6.45) is 0. The SMILES string of the molecule is COc1cc(N)cc(C(=O)Nc2cc(F)ccc2Br)c1. The molecule has 0 aliphatic carbocycles. The first-order chi connectivity index (χ1) is 9.49. The highest BCUT2D eigenvalue weighted by molar-refractivity contribution is 9.10. The molecule has 0 atom stereocenters. The number of benzene rings is 2. The van der Waals surface area contributed by atoms with Gasteiger partial charge in [0, 0.05) is 21.8 Å². The van der Waals surface area contributed by atoms with Gasteiger partial charge in [-0.25, -0.2) is 4.39 Å².